The number of benzene rings is 1. The highest BCUT2D eigenvalue weighted by Gasteiger charge is 2.24. The first-order chi connectivity index (χ1) is 12.3. The number of imidazole rings is 1. The number of hydrogen-bond acceptors (Lipinski definition) is 5. The standard InChI is InChI=1S/C19H20N4O2/c1-13-21-7-6-14(23-13)10-16(17-11-20-12-22-17)15-4-2-5-18-19(15)25-9-3-8-24-18/h2,4-7,11-12,16H,3,8-10H2,1H3,(H,20,22)/t16-/m1/s1. The van der Waals surface area contributed by atoms with Crippen molar-refractivity contribution in [1.82, 2.24) is 19.9 Å². The molecule has 25 heavy (non-hydrogen) atoms. The molecular formula is C19H20N4O2. The van der Waals surface area contributed by atoms with Gasteiger partial charge in [0.15, 0.2) is 11.5 Å². The van der Waals surface area contributed by atoms with Gasteiger partial charge in [-0.25, -0.2) is 15.0 Å². The van der Waals surface area contributed by atoms with Crippen molar-refractivity contribution in [3.8, 4) is 11.5 Å². The van der Waals surface area contributed by atoms with Crippen LogP contribution in [0.4, 0.5) is 0 Å². The monoisotopic (exact) mass is 336 g/mol. The van der Waals surface area contributed by atoms with E-state index in [2.05, 4.69) is 26.0 Å². The number of rotatable bonds is 4. The van der Waals surface area contributed by atoms with E-state index in [1.54, 1.807) is 12.5 Å². The molecule has 2 aromatic heterocycles. The number of aromatic nitrogens is 4. The fourth-order valence-electron chi connectivity index (χ4n) is 3.16. The van der Waals surface area contributed by atoms with Crippen LogP contribution < -0.4 is 9.47 Å². The molecule has 3 heterocycles. The first-order valence-electron chi connectivity index (χ1n) is 8.46. The second-order valence-electron chi connectivity index (χ2n) is 6.08. The molecule has 0 aliphatic carbocycles. The Morgan fingerprint density at radius 2 is 2.12 bits per heavy atom. The molecule has 1 aromatic carbocycles. The number of nitrogens with zero attached hydrogens (tertiary/aromatic N) is 3. The number of ether oxygens (including phenoxy) is 2. The van der Waals surface area contributed by atoms with Crippen molar-refractivity contribution < 1.29 is 9.47 Å². The highest BCUT2D eigenvalue weighted by Crippen LogP contribution is 2.40. The molecule has 0 fully saturated rings. The minimum absolute atomic E-state index is 0.0495. The van der Waals surface area contributed by atoms with Crippen LogP contribution in [0.1, 0.15) is 35.1 Å². The summed E-state index contributed by atoms with van der Waals surface area (Å²) in [6.07, 6.45) is 6.97. The summed E-state index contributed by atoms with van der Waals surface area (Å²) in [7, 11) is 0. The normalized spacial score (nSPS) is 14.8. The average molecular weight is 336 g/mol. The molecule has 0 amide bonds. The zero-order chi connectivity index (χ0) is 17.1. The Bertz CT molecular complexity index is 848. The van der Waals surface area contributed by atoms with Crippen LogP contribution in [-0.4, -0.2) is 33.1 Å². The van der Waals surface area contributed by atoms with Gasteiger partial charge in [0.2, 0.25) is 0 Å². The van der Waals surface area contributed by atoms with E-state index in [-0.39, 0.29) is 5.92 Å². The van der Waals surface area contributed by atoms with Crippen molar-refractivity contribution >= 4 is 0 Å². The summed E-state index contributed by atoms with van der Waals surface area (Å²) in [5.74, 6) is 2.45. The van der Waals surface area contributed by atoms with Crippen LogP contribution in [0.5, 0.6) is 11.5 Å². The molecule has 1 aliphatic rings. The van der Waals surface area contributed by atoms with Crippen LogP contribution in [0.15, 0.2) is 43.0 Å². The largest absolute Gasteiger partial charge is 0.490 e. The van der Waals surface area contributed by atoms with E-state index in [0.29, 0.717) is 13.2 Å². The number of fused-ring (bicyclic) bond motifs is 1. The Morgan fingerprint density at radius 1 is 1.20 bits per heavy atom. The summed E-state index contributed by atoms with van der Waals surface area (Å²) in [6, 6.07) is 8.02. The molecular weight excluding hydrogens is 316 g/mol. The molecule has 0 radical (unpaired) electrons. The number of para-hydroxylation sites is 1. The third-order valence-corrected chi connectivity index (χ3v) is 4.32. The SMILES string of the molecule is Cc1nccc(C[C@@H](c2cnc[nH]2)c2cccc3c2OCCCO3)n1. The molecule has 1 atom stereocenters. The third kappa shape index (κ3) is 3.33. The average Bonchev–Trinajstić information content (AvgIpc) is 3.04. The molecule has 6 nitrogen and oxygen atoms in total. The van der Waals surface area contributed by atoms with Crippen molar-refractivity contribution in [2.45, 2.75) is 25.7 Å². The van der Waals surface area contributed by atoms with E-state index in [4.69, 9.17) is 9.47 Å². The van der Waals surface area contributed by atoms with E-state index >= 15 is 0 Å². The topological polar surface area (TPSA) is 72.9 Å². The first-order valence-corrected chi connectivity index (χ1v) is 8.46. The third-order valence-electron chi connectivity index (χ3n) is 4.32. The second kappa shape index (κ2) is 6.93. The van der Waals surface area contributed by atoms with E-state index in [1.165, 1.54) is 0 Å². The summed E-state index contributed by atoms with van der Waals surface area (Å²) in [5.41, 5.74) is 3.09. The molecule has 0 bridgehead atoms. The van der Waals surface area contributed by atoms with E-state index in [9.17, 15) is 0 Å². The molecule has 6 heteroatoms. The number of aryl methyl sites for hydroxylation is 1. The van der Waals surface area contributed by atoms with Crippen LogP contribution in [-0.2, 0) is 6.42 Å². The van der Waals surface area contributed by atoms with Gasteiger partial charge in [0.25, 0.3) is 0 Å². The number of H-pyrrole nitrogens is 1. The van der Waals surface area contributed by atoms with Gasteiger partial charge in [-0.1, -0.05) is 12.1 Å². The molecule has 1 aliphatic heterocycles. The quantitative estimate of drug-likeness (QED) is 0.793. The van der Waals surface area contributed by atoms with Crippen LogP contribution in [0.2, 0.25) is 0 Å². The first kappa shape index (κ1) is 15.6. The predicted octanol–water partition coefficient (Wildman–Crippen LogP) is 3.04. The van der Waals surface area contributed by atoms with Gasteiger partial charge in [-0.2, -0.15) is 0 Å². The van der Waals surface area contributed by atoms with Gasteiger partial charge in [0.05, 0.1) is 19.5 Å². The molecule has 128 valence electrons. The molecule has 3 aromatic rings. The summed E-state index contributed by atoms with van der Waals surface area (Å²) in [5, 5.41) is 0. The van der Waals surface area contributed by atoms with E-state index in [1.807, 2.05) is 31.3 Å². The van der Waals surface area contributed by atoms with E-state index < -0.39 is 0 Å². The number of hydrogen-bond donors (Lipinski definition) is 1. The Labute approximate surface area is 146 Å². The lowest BCUT2D eigenvalue weighted by molar-refractivity contribution is 0.295. The highest BCUT2D eigenvalue weighted by atomic mass is 16.5. The predicted molar refractivity (Wildman–Crippen MR) is 93.0 cm³/mol. The van der Waals surface area contributed by atoms with Crippen LogP contribution >= 0.6 is 0 Å². The maximum absolute atomic E-state index is 6.03. The van der Waals surface area contributed by atoms with Gasteiger partial charge in [-0.05, 0) is 19.1 Å². The maximum Gasteiger partial charge on any atom is 0.165 e. The maximum atomic E-state index is 6.03. The molecule has 0 spiro atoms. The molecule has 4 rings (SSSR count). The molecule has 0 saturated carbocycles. The Morgan fingerprint density at radius 3 is 2.96 bits per heavy atom. The van der Waals surface area contributed by atoms with Gasteiger partial charge in [0.1, 0.15) is 5.82 Å². The van der Waals surface area contributed by atoms with E-state index in [0.717, 1.165) is 47.1 Å². The summed E-state index contributed by atoms with van der Waals surface area (Å²) >= 11 is 0. The zero-order valence-electron chi connectivity index (χ0n) is 14.1. The van der Waals surface area contributed by atoms with Crippen LogP contribution in [0.25, 0.3) is 0 Å². The number of nitrogens with one attached hydrogen (secondary N) is 1. The fourth-order valence-corrected chi connectivity index (χ4v) is 3.16. The minimum Gasteiger partial charge on any atom is -0.490 e. The second-order valence-corrected chi connectivity index (χ2v) is 6.08. The van der Waals surface area contributed by atoms with Crippen molar-refractivity contribution in [3.05, 3.63) is 65.8 Å². The fraction of sp³-hybridized carbons (Fsp3) is 0.316. The van der Waals surface area contributed by atoms with Gasteiger partial charge >= 0.3 is 0 Å². The number of aromatic amines is 1. The van der Waals surface area contributed by atoms with Crippen molar-refractivity contribution in [2.75, 3.05) is 13.2 Å². The smallest absolute Gasteiger partial charge is 0.165 e. The summed E-state index contributed by atoms with van der Waals surface area (Å²) in [4.78, 5) is 16.2. The van der Waals surface area contributed by atoms with Crippen molar-refractivity contribution in [1.29, 1.82) is 0 Å². The summed E-state index contributed by atoms with van der Waals surface area (Å²) in [6.45, 7) is 3.24. The Kier molecular flexibility index (Phi) is 4.33. The lowest BCUT2D eigenvalue weighted by Gasteiger charge is -2.20. The van der Waals surface area contributed by atoms with Gasteiger partial charge < -0.3 is 14.5 Å². The lowest BCUT2D eigenvalue weighted by Crippen LogP contribution is -2.10. The molecule has 0 unspecified atom stereocenters. The van der Waals surface area contributed by atoms with Gasteiger partial charge in [-0.3, -0.25) is 0 Å². The van der Waals surface area contributed by atoms with Crippen LogP contribution in [0, 0.1) is 6.92 Å². The van der Waals surface area contributed by atoms with Gasteiger partial charge in [-0.15, -0.1) is 0 Å². The zero-order valence-corrected chi connectivity index (χ0v) is 14.1. The Hall–Kier alpha value is -2.89. The van der Waals surface area contributed by atoms with Crippen molar-refractivity contribution in [3.63, 3.8) is 0 Å². The van der Waals surface area contributed by atoms with Crippen molar-refractivity contribution in [2.24, 2.45) is 0 Å². The molecule has 1 N–H and O–H groups in total. The highest BCUT2D eigenvalue weighted by molar-refractivity contribution is 5.51. The Balaban J connectivity index is 1.77. The lowest BCUT2D eigenvalue weighted by atomic mass is 9.90. The minimum atomic E-state index is 0.0495. The summed E-state index contributed by atoms with van der Waals surface area (Å²) < 4.78 is 11.9. The van der Waals surface area contributed by atoms with Gasteiger partial charge in [0, 0.05) is 48.1 Å². The molecule has 0 saturated heterocycles. The van der Waals surface area contributed by atoms with Crippen LogP contribution in [0.3, 0.4) is 0 Å².